The number of amides is 1. The molecule has 6 rings (SSSR count). The van der Waals surface area contributed by atoms with Gasteiger partial charge in [-0.25, -0.2) is 9.37 Å². The average Bonchev–Trinajstić information content (AvgIpc) is 3.61. The molecule has 0 bridgehead atoms. The van der Waals surface area contributed by atoms with Crippen LogP contribution in [0.5, 0.6) is 0 Å². The predicted octanol–water partition coefficient (Wildman–Crippen LogP) is 6.55. The first-order valence-electron chi connectivity index (χ1n) is 11.7. The summed E-state index contributed by atoms with van der Waals surface area (Å²) in [6, 6.07) is 10.3. The van der Waals surface area contributed by atoms with Gasteiger partial charge in [-0.2, -0.15) is 9.49 Å². The standard InChI is InChI=1S/C27H21F2N7OS/c1-27(2,3)26(37)32-14-9-13(10-30-11-14)22-21(29)20-17(12-31-22)35-36-24(20)25-33-16-6-4-5-15(23(16)34-25)18-7-8-19(28)38-18/h4-12H,1-3H3,(H,32,37)(H,33,34)(H,35,36). The maximum atomic E-state index is 16.0. The molecule has 0 fully saturated rings. The second kappa shape index (κ2) is 8.80. The van der Waals surface area contributed by atoms with Crippen molar-refractivity contribution in [3.63, 3.8) is 0 Å². The lowest BCUT2D eigenvalue weighted by molar-refractivity contribution is -0.123. The summed E-state index contributed by atoms with van der Waals surface area (Å²) in [5.41, 5.74) is 3.07. The lowest BCUT2D eigenvalue weighted by atomic mass is 9.95. The van der Waals surface area contributed by atoms with Crippen LogP contribution < -0.4 is 5.32 Å². The highest BCUT2D eigenvalue weighted by molar-refractivity contribution is 7.14. The quantitative estimate of drug-likeness (QED) is 0.240. The zero-order valence-corrected chi connectivity index (χ0v) is 21.4. The predicted molar refractivity (Wildman–Crippen MR) is 144 cm³/mol. The molecule has 3 N–H and O–H groups in total. The first kappa shape index (κ1) is 23.9. The van der Waals surface area contributed by atoms with E-state index in [1.54, 1.807) is 32.9 Å². The second-order valence-electron chi connectivity index (χ2n) is 9.84. The second-order valence-corrected chi connectivity index (χ2v) is 10.9. The Morgan fingerprint density at radius 3 is 2.63 bits per heavy atom. The minimum absolute atomic E-state index is 0.0605. The van der Waals surface area contributed by atoms with E-state index in [-0.39, 0.29) is 27.8 Å². The molecule has 0 saturated carbocycles. The van der Waals surface area contributed by atoms with Crippen LogP contribution in [0.15, 0.2) is 55.0 Å². The van der Waals surface area contributed by atoms with Gasteiger partial charge in [0.15, 0.2) is 16.8 Å². The molecule has 38 heavy (non-hydrogen) atoms. The largest absolute Gasteiger partial charge is 0.337 e. The van der Waals surface area contributed by atoms with Gasteiger partial charge in [0.2, 0.25) is 5.91 Å². The van der Waals surface area contributed by atoms with Crippen molar-refractivity contribution < 1.29 is 13.6 Å². The number of imidazole rings is 1. The first-order chi connectivity index (χ1) is 18.2. The van der Waals surface area contributed by atoms with Crippen molar-refractivity contribution in [1.29, 1.82) is 0 Å². The third-order valence-electron chi connectivity index (χ3n) is 6.07. The molecule has 11 heteroatoms. The molecule has 0 aliphatic carbocycles. The fourth-order valence-electron chi connectivity index (χ4n) is 4.11. The number of thiophene rings is 1. The molecule has 1 amide bonds. The summed E-state index contributed by atoms with van der Waals surface area (Å²) in [6.07, 6.45) is 4.48. The zero-order chi connectivity index (χ0) is 26.6. The van der Waals surface area contributed by atoms with Crippen LogP contribution in [-0.2, 0) is 4.79 Å². The maximum Gasteiger partial charge on any atom is 0.229 e. The molecule has 5 aromatic heterocycles. The van der Waals surface area contributed by atoms with E-state index in [2.05, 4.69) is 30.5 Å². The number of benzene rings is 1. The van der Waals surface area contributed by atoms with Gasteiger partial charge < -0.3 is 10.3 Å². The van der Waals surface area contributed by atoms with Gasteiger partial charge in [-0.15, -0.1) is 11.3 Å². The van der Waals surface area contributed by atoms with Crippen LogP contribution in [0.1, 0.15) is 20.8 Å². The highest BCUT2D eigenvalue weighted by atomic mass is 32.1. The number of nitrogens with zero attached hydrogens (tertiary/aromatic N) is 4. The zero-order valence-electron chi connectivity index (χ0n) is 20.6. The number of rotatable bonds is 4. The normalized spacial score (nSPS) is 11.9. The number of anilines is 1. The summed E-state index contributed by atoms with van der Waals surface area (Å²) in [5.74, 6) is -0.434. The fraction of sp³-hybridized carbons (Fsp3) is 0.148. The number of para-hydroxylation sites is 1. The van der Waals surface area contributed by atoms with E-state index in [0.717, 1.165) is 21.8 Å². The molecule has 0 radical (unpaired) electrons. The van der Waals surface area contributed by atoms with Gasteiger partial charge in [0.05, 0.1) is 40.0 Å². The molecule has 0 spiro atoms. The third-order valence-corrected chi connectivity index (χ3v) is 6.98. The molecule has 6 aromatic rings. The third kappa shape index (κ3) is 4.10. The molecule has 0 atom stereocenters. The summed E-state index contributed by atoms with van der Waals surface area (Å²) in [6.45, 7) is 5.40. The summed E-state index contributed by atoms with van der Waals surface area (Å²) in [4.78, 5) is 29.5. The molecule has 0 unspecified atom stereocenters. The minimum atomic E-state index is -0.603. The Morgan fingerprint density at radius 1 is 1.03 bits per heavy atom. The Bertz CT molecular complexity index is 1850. The molecule has 0 aliphatic heterocycles. The van der Waals surface area contributed by atoms with Crippen LogP contribution in [0.4, 0.5) is 14.5 Å². The van der Waals surface area contributed by atoms with E-state index in [1.165, 1.54) is 24.7 Å². The lowest BCUT2D eigenvalue weighted by Crippen LogP contribution is -2.27. The smallest absolute Gasteiger partial charge is 0.229 e. The van der Waals surface area contributed by atoms with E-state index < -0.39 is 11.2 Å². The van der Waals surface area contributed by atoms with Crippen LogP contribution in [0.2, 0.25) is 0 Å². The number of fused-ring (bicyclic) bond motifs is 2. The summed E-state index contributed by atoms with van der Waals surface area (Å²) in [5, 5.41) is 9.87. The molecule has 1 aromatic carbocycles. The number of carbonyl (C=O) groups excluding carboxylic acids is 1. The first-order valence-corrected chi connectivity index (χ1v) is 12.5. The maximum absolute atomic E-state index is 16.0. The van der Waals surface area contributed by atoms with Crippen molar-refractivity contribution in [3.8, 4) is 33.2 Å². The van der Waals surface area contributed by atoms with Gasteiger partial charge in [-0.05, 0) is 24.3 Å². The molecule has 0 aliphatic rings. The van der Waals surface area contributed by atoms with Crippen LogP contribution in [0.25, 0.3) is 55.2 Å². The van der Waals surface area contributed by atoms with E-state index in [4.69, 9.17) is 4.98 Å². The monoisotopic (exact) mass is 529 g/mol. The fourth-order valence-corrected chi connectivity index (χ4v) is 4.86. The highest BCUT2D eigenvalue weighted by Gasteiger charge is 2.23. The van der Waals surface area contributed by atoms with Gasteiger partial charge in [-0.3, -0.25) is 19.9 Å². The molecular formula is C27H21F2N7OS. The molecule has 190 valence electrons. The summed E-state index contributed by atoms with van der Waals surface area (Å²) >= 11 is 1.03. The number of aromatic nitrogens is 6. The van der Waals surface area contributed by atoms with Crippen LogP contribution in [0.3, 0.4) is 0 Å². The van der Waals surface area contributed by atoms with Crippen LogP contribution in [0, 0.1) is 16.4 Å². The number of carbonyl (C=O) groups is 1. The van der Waals surface area contributed by atoms with Crippen LogP contribution >= 0.6 is 11.3 Å². The molecular weight excluding hydrogens is 508 g/mol. The van der Waals surface area contributed by atoms with Crippen molar-refractivity contribution in [2.24, 2.45) is 5.41 Å². The number of halogens is 2. The summed E-state index contributed by atoms with van der Waals surface area (Å²) in [7, 11) is 0. The Labute approximate surface area is 219 Å². The number of H-pyrrole nitrogens is 2. The van der Waals surface area contributed by atoms with E-state index in [1.807, 2.05) is 18.2 Å². The summed E-state index contributed by atoms with van der Waals surface area (Å²) < 4.78 is 29.7. The molecule has 8 nitrogen and oxygen atoms in total. The Kier molecular flexibility index (Phi) is 5.53. The highest BCUT2D eigenvalue weighted by Crippen LogP contribution is 2.36. The Balaban J connectivity index is 1.44. The van der Waals surface area contributed by atoms with E-state index in [0.29, 0.717) is 33.6 Å². The van der Waals surface area contributed by atoms with Gasteiger partial charge >= 0.3 is 0 Å². The SMILES string of the molecule is CC(C)(C)C(=O)Nc1cncc(-c2ncc3[nH]nc(-c4nc5c(-c6ccc(F)s6)cccc5[nH]4)c3c2F)c1. The average molecular weight is 530 g/mol. The van der Waals surface area contributed by atoms with Gasteiger partial charge in [0.25, 0.3) is 0 Å². The molecule has 5 heterocycles. The lowest BCUT2D eigenvalue weighted by Gasteiger charge is -2.17. The number of hydrogen-bond acceptors (Lipinski definition) is 6. The topological polar surface area (TPSA) is 112 Å². The van der Waals surface area contributed by atoms with Gasteiger partial charge in [-0.1, -0.05) is 32.9 Å². The van der Waals surface area contributed by atoms with Crippen molar-refractivity contribution in [3.05, 3.63) is 65.9 Å². The van der Waals surface area contributed by atoms with Crippen molar-refractivity contribution in [2.45, 2.75) is 20.8 Å². The number of aromatic amines is 2. The van der Waals surface area contributed by atoms with Crippen molar-refractivity contribution in [2.75, 3.05) is 5.32 Å². The number of pyridine rings is 2. The Hall–Kier alpha value is -4.51. The van der Waals surface area contributed by atoms with Crippen molar-refractivity contribution >= 4 is 44.9 Å². The van der Waals surface area contributed by atoms with Crippen molar-refractivity contribution in [1.82, 2.24) is 30.1 Å². The number of nitrogens with one attached hydrogen (secondary N) is 3. The number of hydrogen-bond donors (Lipinski definition) is 3. The van der Waals surface area contributed by atoms with Crippen LogP contribution in [-0.4, -0.2) is 36.0 Å². The van der Waals surface area contributed by atoms with Gasteiger partial charge in [0, 0.05) is 27.6 Å². The Morgan fingerprint density at radius 2 is 1.87 bits per heavy atom. The van der Waals surface area contributed by atoms with E-state index in [9.17, 15) is 9.18 Å². The van der Waals surface area contributed by atoms with Gasteiger partial charge in [0.1, 0.15) is 11.4 Å². The van der Waals surface area contributed by atoms with E-state index >= 15 is 4.39 Å². The minimum Gasteiger partial charge on any atom is -0.337 e. The molecule has 0 saturated heterocycles.